The average molecular weight is 252 g/mol. The van der Waals surface area contributed by atoms with Crippen molar-refractivity contribution in [2.75, 3.05) is 17.7 Å². The summed E-state index contributed by atoms with van der Waals surface area (Å²) in [4.78, 5) is 1.30. The number of para-hydroxylation sites is 1. The zero-order chi connectivity index (χ0) is 13.3. The van der Waals surface area contributed by atoms with Crippen LogP contribution in [-0.2, 0) is 0 Å². The van der Waals surface area contributed by atoms with Crippen LogP contribution in [0.3, 0.4) is 0 Å². The van der Waals surface area contributed by atoms with Crippen molar-refractivity contribution in [1.29, 1.82) is 0 Å². The van der Waals surface area contributed by atoms with Crippen molar-refractivity contribution < 1.29 is 13.2 Å². The van der Waals surface area contributed by atoms with E-state index in [0.29, 0.717) is 0 Å². The maximum absolute atomic E-state index is 13.6. The predicted octanol–water partition coefficient (Wildman–Crippen LogP) is 3.45. The van der Waals surface area contributed by atoms with Crippen molar-refractivity contribution in [3.8, 4) is 0 Å². The number of rotatable bonds is 2. The third kappa shape index (κ3) is 2.11. The third-order valence-corrected chi connectivity index (χ3v) is 2.66. The van der Waals surface area contributed by atoms with Gasteiger partial charge in [0.15, 0.2) is 0 Å². The topological polar surface area (TPSA) is 29.3 Å². The summed E-state index contributed by atoms with van der Waals surface area (Å²) in [5, 5.41) is 0. The highest BCUT2D eigenvalue weighted by molar-refractivity contribution is 5.74. The molecule has 0 aromatic heterocycles. The largest absolute Gasteiger partial charge is 0.395 e. The highest BCUT2D eigenvalue weighted by Gasteiger charge is 2.14. The Balaban J connectivity index is 2.51. The summed E-state index contributed by atoms with van der Waals surface area (Å²) >= 11 is 0. The molecule has 0 bridgehead atoms. The molecule has 0 spiro atoms. The van der Waals surface area contributed by atoms with Crippen molar-refractivity contribution in [3.63, 3.8) is 0 Å². The lowest BCUT2D eigenvalue weighted by Gasteiger charge is -2.21. The lowest BCUT2D eigenvalue weighted by molar-refractivity contribution is 0.600. The lowest BCUT2D eigenvalue weighted by atomic mass is 10.2. The smallest absolute Gasteiger partial charge is 0.148 e. The molecule has 0 aliphatic carbocycles. The summed E-state index contributed by atoms with van der Waals surface area (Å²) in [7, 11) is 1.49. The van der Waals surface area contributed by atoms with Gasteiger partial charge in [-0.3, -0.25) is 0 Å². The molecule has 0 heterocycles. The first-order valence-corrected chi connectivity index (χ1v) is 5.23. The van der Waals surface area contributed by atoms with Gasteiger partial charge >= 0.3 is 0 Å². The predicted molar refractivity (Wildman–Crippen MR) is 65.2 cm³/mol. The van der Waals surface area contributed by atoms with Crippen molar-refractivity contribution in [1.82, 2.24) is 0 Å². The van der Waals surface area contributed by atoms with Crippen molar-refractivity contribution in [2.24, 2.45) is 0 Å². The molecule has 0 fully saturated rings. The number of hydrogen-bond acceptors (Lipinski definition) is 2. The van der Waals surface area contributed by atoms with Crippen molar-refractivity contribution in [2.45, 2.75) is 0 Å². The standard InChI is InChI=1S/C13H11F3N2/c1-18(11-4-2-3-10(16)13(11)17)12-7-8(14)5-6-9(12)15/h2-7H,17H2,1H3. The van der Waals surface area contributed by atoms with Gasteiger partial charge in [-0.1, -0.05) is 6.07 Å². The fraction of sp³-hybridized carbons (Fsp3) is 0.0769. The normalized spacial score (nSPS) is 10.4. The Morgan fingerprint density at radius 3 is 2.39 bits per heavy atom. The number of halogens is 3. The molecule has 2 N–H and O–H groups in total. The molecule has 18 heavy (non-hydrogen) atoms. The highest BCUT2D eigenvalue weighted by Crippen LogP contribution is 2.32. The second kappa shape index (κ2) is 4.60. The van der Waals surface area contributed by atoms with Gasteiger partial charge in [0.05, 0.1) is 17.1 Å². The zero-order valence-corrected chi connectivity index (χ0v) is 9.62. The third-order valence-electron chi connectivity index (χ3n) is 2.66. The molecule has 0 atom stereocenters. The quantitative estimate of drug-likeness (QED) is 0.829. The van der Waals surface area contributed by atoms with Crippen LogP contribution in [0.2, 0.25) is 0 Å². The molecule has 2 nitrogen and oxygen atoms in total. The summed E-state index contributed by atoms with van der Waals surface area (Å²) in [6, 6.07) is 7.24. The molecule has 5 heteroatoms. The molecule has 0 amide bonds. The van der Waals surface area contributed by atoms with Crippen LogP contribution in [0.1, 0.15) is 0 Å². The van der Waals surface area contributed by atoms with Gasteiger partial charge < -0.3 is 10.6 Å². The van der Waals surface area contributed by atoms with Crippen LogP contribution in [0.15, 0.2) is 36.4 Å². The molecule has 0 radical (unpaired) electrons. The van der Waals surface area contributed by atoms with E-state index in [-0.39, 0.29) is 17.1 Å². The summed E-state index contributed by atoms with van der Waals surface area (Å²) in [5.41, 5.74) is 5.74. The van der Waals surface area contributed by atoms with Gasteiger partial charge in [0.1, 0.15) is 17.5 Å². The van der Waals surface area contributed by atoms with Gasteiger partial charge in [0.25, 0.3) is 0 Å². The maximum atomic E-state index is 13.6. The van der Waals surface area contributed by atoms with Crippen LogP contribution in [0.4, 0.5) is 30.2 Å². The van der Waals surface area contributed by atoms with Crippen LogP contribution < -0.4 is 10.6 Å². The van der Waals surface area contributed by atoms with Gasteiger partial charge in [0, 0.05) is 13.1 Å². The molecule has 0 aliphatic rings. The maximum Gasteiger partial charge on any atom is 0.148 e. The highest BCUT2D eigenvalue weighted by atomic mass is 19.1. The lowest BCUT2D eigenvalue weighted by Crippen LogP contribution is -2.14. The van der Waals surface area contributed by atoms with E-state index in [1.165, 1.54) is 30.1 Å². The Morgan fingerprint density at radius 2 is 1.67 bits per heavy atom. The molecule has 0 unspecified atom stereocenters. The molecule has 2 rings (SSSR count). The Kier molecular flexibility index (Phi) is 3.14. The molecule has 2 aromatic rings. The second-order valence-electron chi connectivity index (χ2n) is 3.83. The molecular formula is C13H11F3N2. The van der Waals surface area contributed by atoms with Crippen LogP contribution in [-0.4, -0.2) is 7.05 Å². The minimum absolute atomic E-state index is 0.00713. The van der Waals surface area contributed by atoms with E-state index in [4.69, 9.17) is 5.73 Å². The Morgan fingerprint density at radius 1 is 0.944 bits per heavy atom. The van der Waals surface area contributed by atoms with E-state index in [1.54, 1.807) is 0 Å². The minimum Gasteiger partial charge on any atom is -0.395 e. The van der Waals surface area contributed by atoms with Gasteiger partial charge in [-0.2, -0.15) is 0 Å². The van der Waals surface area contributed by atoms with E-state index >= 15 is 0 Å². The summed E-state index contributed by atoms with van der Waals surface area (Å²) < 4.78 is 40.0. The summed E-state index contributed by atoms with van der Waals surface area (Å²) in [5.74, 6) is -1.79. The average Bonchev–Trinajstić information content (AvgIpc) is 2.35. The van der Waals surface area contributed by atoms with Gasteiger partial charge in [-0.25, -0.2) is 13.2 Å². The van der Waals surface area contributed by atoms with E-state index in [0.717, 1.165) is 18.2 Å². The van der Waals surface area contributed by atoms with E-state index in [1.807, 2.05) is 0 Å². The van der Waals surface area contributed by atoms with Crippen molar-refractivity contribution in [3.05, 3.63) is 53.8 Å². The first-order chi connectivity index (χ1) is 8.50. The van der Waals surface area contributed by atoms with Gasteiger partial charge in [-0.15, -0.1) is 0 Å². The van der Waals surface area contributed by atoms with Crippen LogP contribution >= 0.6 is 0 Å². The fourth-order valence-corrected chi connectivity index (χ4v) is 1.69. The molecule has 0 saturated carbocycles. The Labute approximate surface area is 102 Å². The molecule has 0 saturated heterocycles. The number of hydrogen-bond donors (Lipinski definition) is 1. The number of anilines is 3. The number of nitrogens with zero attached hydrogens (tertiary/aromatic N) is 1. The van der Waals surface area contributed by atoms with Crippen LogP contribution in [0.5, 0.6) is 0 Å². The number of nitrogens with two attached hydrogens (primary N) is 1. The number of benzene rings is 2. The van der Waals surface area contributed by atoms with Crippen molar-refractivity contribution >= 4 is 17.1 Å². The summed E-state index contributed by atoms with van der Waals surface area (Å²) in [6.45, 7) is 0. The van der Waals surface area contributed by atoms with E-state index < -0.39 is 17.5 Å². The van der Waals surface area contributed by atoms with Gasteiger partial charge in [0.2, 0.25) is 0 Å². The first kappa shape index (κ1) is 12.3. The first-order valence-electron chi connectivity index (χ1n) is 5.23. The van der Waals surface area contributed by atoms with Gasteiger partial charge in [-0.05, 0) is 24.3 Å². The minimum atomic E-state index is -0.609. The Hall–Kier alpha value is -2.17. The molecular weight excluding hydrogens is 241 g/mol. The SMILES string of the molecule is CN(c1cc(F)ccc1F)c1cccc(F)c1N. The molecule has 0 aliphatic heterocycles. The monoisotopic (exact) mass is 252 g/mol. The zero-order valence-electron chi connectivity index (χ0n) is 9.62. The second-order valence-corrected chi connectivity index (χ2v) is 3.83. The molecule has 94 valence electrons. The van der Waals surface area contributed by atoms with E-state index in [9.17, 15) is 13.2 Å². The fourth-order valence-electron chi connectivity index (χ4n) is 1.69. The summed E-state index contributed by atoms with van der Waals surface area (Å²) in [6.07, 6.45) is 0. The van der Waals surface area contributed by atoms with Crippen LogP contribution in [0, 0.1) is 17.5 Å². The van der Waals surface area contributed by atoms with E-state index in [2.05, 4.69) is 0 Å². The van der Waals surface area contributed by atoms with Crippen LogP contribution in [0.25, 0.3) is 0 Å². The Bertz CT molecular complexity index is 582. The molecule has 2 aromatic carbocycles. The number of nitrogen functional groups attached to an aromatic ring is 1.